The molecular formula is C7H12O4. The number of carboxylic acid groups (broad SMARTS) is 1. The van der Waals surface area contributed by atoms with Crippen molar-refractivity contribution in [3.63, 3.8) is 0 Å². The normalized spacial score (nSPS) is 15.5. The molecule has 0 aromatic rings. The van der Waals surface area contributed by atoms with Gasteiger partial charge in [-0.05, 0) is 13.3 Å². The zero-order valence-corrected chi connectivity index (χ0v) is 6.63. The molecule has 0 rings (SSSR count). The molecule has 64 valence electrons. The third kappa shape index (κ3) is 2.01. The number of ketones is 1. The van der Waals surface area contributed by atoms with Gasteiger partial charge in [0.15, 0.2) is 0 Å². The Labute approximate surface area is 64.8 Å². The predicted molar refractivity (Wildman–Crippen MR) is 38.1 cm³/mol. The van der Waals surface area contributed by atoms with Gasteiger partial charge < -0.3 is 10.2 Å². The maximum absolute atomic E-state index is 10.9. The first-order valence-electron chi connectivity index (χ1n) is 3.36. The number of aliphatic carboxylic acids is 1. The summed E-state index contributed by atoms with van der Waals surface area (Å²) in [4.78, 5) is 21.1. The van der Waals surface area contributed by atoms with Crippen LogP contribution in [0.1, 0.15) is 20.3 Å². The molecule has 0 radical (unpaired) electrons. The molecule has 0 heterocycles. The van der Waals surface area contributed by atoms with Gasteiger partial charge in [-0.1, -0.05) is 6.92 Å². The molecule has 2 N–H and O–H groups in total. The van der Waals surface area contributed by atoms with Crippen molar-refractivity contribution in [1.82, 2.24) is 0 Å². The Bertz CT molecular complexity index is 169. The number of hydrogen-bond acceptors (Lipinski definition) is 3. The van der Waals surface area contributed by atoms with E-state index in [2.05, 4.69) is 0 Å². The second-order valence-electron chi connectivity index (χ2n) is 2.71. The van der Waals surface area contributed by atoms with Crippen LogP contribution in [0.15, 0.2) is 0 Å². The van der Waals surface area contributed by atoms with Crippen LogP contribution >= 0.6 is 0 Å². The molecule has 1 atom stereocenters. The lowest BCUT2D eigenvalue weighted by molar-refractivity contribution is -0.155. The van der Waals surface area contributed by atoms with Crippen molar-refractivity contribution in [2.75, 3.05) is 6.61 Å². The fraction of sp³-hybridized carbons (Fsp3) is 0.714. The summed E-state index contributed by atoms with van der Waals surface area (Å²) in [7, 11) is 0. The van der Waals surface area contributed by atoms with Gasteiger partial charge in [0.05, 0.1) is 12.0 Å². The van der Waals surface area contributed by atoms with Crippen molar-refractivity contribution in [2.24, 2.45) is 5.41 Å². The molecule has 0 spiro atoms. The molecular weight excluding hydrogens is 148 g/mol. The largest absolute Gasteiger partial charge is 0.475 e. The van der Waals surface area contributed by atoms with Crippen LogP contribution in [0.4, 0.5) is 0 Å². The van der Waals surface area contributed by atoms with Gasteiger partial charge >= 0.3 is 5.97 Å². The van der Waals surface area contributed by atoms with E-state index in [1.807, 2.05) is 0 Å². The molecule has 0 bridgehead atoms. The fourth-order valence-electron chi connectivity index (χ4n) is 0.602. The lowest BCUT2D eigenvalue weighted by atomic mass is 9.84. The quantitative estimate of drug-likeness (QED) is 0.570. The van der Waals surface area contributed by atoms with Gasteiger partial charge in [0, 0.05) is 0 Å². The highest BCUT2D eigenvalue weighted by Crippen LogP contribution is 2.21. The van der Waals surface area contributed by atoms with Crippen molar-refractivity contribution in [3.05, 3.63) is 0 Å². The summed E-state index contributed by atoms with van der Waals surface area (Å²) in [5.74, 6) is -2.41. The van der Waals surface area contributed by atoms with E-state index in [1.54, 1.807) is 6.92 Å². The first kappa shape index (κ1) is 10.1. The highest BCUT2D eigenvalue weighted by atomic mass is 16.4. The monoisotopic (exact) mass is 160 g/mol. The van der Waals surface area contributed by atoms with E-state index in [0.29, 0.717) is 6.42 Å². The first-order chi connectivity index (χ1) is 4.98. The molecule has 0 aliphatic heterocycles. The van der Waals surface area contributed by atoms with Crippen LogP contribution in [0.3, 0.4) is 0 Å². The Morgan fingerprint density at radius 3 is 2.00 bits per heavy atom. The van der Waals surface area contributed by atoms with E-state index in [-0.39, 0.29) is 0 Å². The summed E-state index contributed by atoms with van der Waals surface area (Å²) in [5.41, 5.74) is -1.12. The van der Waals surface area contributed by atoms with E-state index in [0.717, 1.165) is 0 Å². The predicted octanol–water partition coefficient (Wildman–Crippen LogP) is 0.0487. The number of rotatable bonds is 4. The second-order valence-corrected chi connectivity index (χ2v) is 2.71. The van der Waals surface area contributed by atoms with Gasteiger partial charge in [-0.15, -0.1) is 0 Å². The van der Waals surface area contributed by atoms with E-state index in [9.17, 15) is 9.59 Å². The van der Waals surface area contributed by atoms with Crippen LogP contribution in [0.25, 0.3) is 0 Å². The van der Waals surface area contributed by atoms with Crippen LogP contribution in [-0.4, -0.2) is 28.6 Å². The average Bonchev–Trinajstić information content (AvgIpc) is 2.01. The van der Waals surface area contributed by atoms with Gasteiger partial charge in [0.1, 0.15) is 0 Å². The maximum atomic E-state index is 10.9. The summed E-state index contributed by atoms with van der Waals surface area (Å²) < 4.78 is 0. The number of carboxylic acids is 1. The van der Waals surface area contributed by atoms with Crippen molar-refractivity contribution >= 4 is 11.8 Å². The first-order valence-corrected chi connectivity index (χ1v) is 3.36. The van der Waals surface area contributed by atoms with Crippen LogP contribution in [0, 0.1) is 5.41 Å². The Hall–Kier alpha value is -0.900. The minimum atomic E-state index is -1.48. The van der Waals surface area contributed by atoms with E-state index >= 15 is 0 Å². The van der Waals surface area contributed by atoms with Gasteiger partial charge in [-0.3, -0.25) is 4.79 Å². The maximum Gasteiger partial charge on any atom is 0.372 e. The molecule has 0 aromatic heterocycles. The SMILES string of the molecule is CCC(C)(CO)C(=O)C(=O)O. The number of Topliss-reactive ketones (excluding diaryl/α,β-unsaturated/α-hetero) is 1. The second kappa shape index (κ2) is 3.48. The minimum absolute atomic E-state index is 0.328. The summed E-state index contributed by atoms with van der Waals surface area (Å²) in [6.45, 7) is 2.68. The van der Waals surface area contributed by atoms with Gasteiger partial charge in [-0.2, -0.15) is 0 Å². The zero-order valence-electron chi connectivity index (χ0n) is 6.63. The number of carbonyl (C=O) groups is 2. The number of carbonyl (C=O) groups excluding carboxylic acids is 1. The molecule has 0 saturated carbocycles. The lowest BCUT2D eigenvalue weighted by Crippen LogP contribution is -2.36. The Balaban J connectivity index is 4.50. The molecule has 1 unspecified atom stereocenters. The lowest BCUT2D eigenvalue weighted by Gasteiger charge is -2.20. The van der Waals surface area contributed by atoms with Gasteiger partial charge in [-0.25, -0.2) is 4.79 Å². The Morgan fingerprint density at radius 2 is 1.91 bits per heavy atom. The van der Waals surface area contributed by atoms with E-state index in [4.69, 9.17) is 10.2 Å². The standard InChI is InChI=1S/C7H12O4/c1-3-7(2,4-8)5(9)6(10)11/h8H,3-4H2,1-2H3,(H,10,11). The minimum Gasteiger partial charge on any atom is -0.475 e. The highest BCUT2D eigenvalue weighted by Gasteiger charge is 2.35. The summed E-state index contributed by atoms with van der Waals surface area (Å²) in [5, 5.41) is 17.0. The van der Waals surface area contributed by atoms with E-state index in [1.165, 1.54) is 6.92 Å². The Morgan fingerprint density at radius 1 is 1.45 bits per heavy atom. The molecule has 4 nitrogen and oxygen atoms in total. The molecule has 4 heteroatoms. The van der Waals surface area contributed by atoms with Gasteiger partial charge in [0.25, 0.3) is 0 Å². The summed E-state index contributed by atoms with van der Waals surface area (Å²) in [6.07, 6.45) is 0.328. The summed E-state index contributed by atoms with van der Waals surface area (Å²) in [6, 6.07) is 0. The number of aliphatic hydroxyl groups excluding tert-OH is 1. The van der Waals surface area contributed by atoms with Gasteiger partial charge in [0.2, 0.25) is 5.78 Å². The van der Waals surface area contributed by atoms with Crippen LogP contribution in [0.2, 0.25) is 0 Å². The zero-order chi connectivity index (χ0) is 9.07. The molecule has 11 heavy (non-hydrogen) atoms. The van der Waals surface area contributed by atoms with Crippen molar-refractivity contribution in [1.29, 1.82) is 0 Å². The Kier molecular flexibility index (Phi) is 3.19. The molecule has 0 aromatic carbocycles. The van der Waals surface area contributed by atoms with E-state index < -0.39 is 23.8 Å². The topological polar surface area (TPSA) is 74.6 Å². The third-order valence-electron chi connectivity index (χ3n) is 1.87. The highest BCUT2D eigenvalue weighted by molar-refractivity contribution is 6.34. The number of hydrogen-bond donors (Lipinski definition) is 2. The van der Waals surface area contributed by atoms with Crippen LogP contribution in [0.5, 0.6) is 0 Å². The number of aliphatic hydroxyl groups is 1. The van der Waals surface area contributed by atoms with Crippen LogP contribution in [-0.2, 0) is 9.59 Å². The average molecular weight is 160 g/mol. The molecule has 0 fully saturated rings. The molecule has 0 aliphatic rings. The molecule has 0 amide bonds. The molecule has 0 saturated heterocycles. The smallest absolute Gasteiger partial charge is 0.372 e. The van der Waals surface area contributed by atoms with Crippen molar-refractivity contribution in [3.8, 4) is 0 Å². The van der Waals surface area contributed by atoms with Crippen molar-refractivity contribution < 1.29 is 19.8 Å². The van der Waals surface area contributed by atoms with Crippen LogP contribution < -0.4 is 0 Å². The fourth-order valence-corrected chi connectivity index (χ4v) is 0.602. The van der Waals surface area contributed by atoms with Crippen molar-refractivity contribution in [2.45, 2.75) is 20.3 Å². The third-order valence-corrected chi connectivity index (χ3v) is 1.87. The molecule has 0 aliphatic carbocycles. The summed E-state index contributed by atoms with van der Waals surface area (Å²) >= 11 is 0.